The first-order valence-electron chi connectivity index (χ1n) is 5.58. The normalized spacial score (nSPS) is 16.6. The highest BCUT2D eigenvalue weighted by atomic mass is 19.2. The number of halogens is 2. The van der Waals surface area contributed by atoms with Crippen molar-refractivity contribution in [2.24, 2.45) is 11.7 Å². The lowest BCUT2D eigenvalue weighted by molar-refractivity contribution is 0.0928. The van der Waals surface area contributed by atoms with Gasteiger partial charge in [0, 0.05) is 12.6 Å². The Morgan fingerprint density at radius 3 is 2.76 bits per heavy atom. The van der Waals surface area contributed by atoms with Gasteiger partial charge in [-0.3, -0.25) is 4.79 Å². The number of carbonyl (C=O) groups is 1. The third kappa shape index (κ3) is 2.61. The number of carbonyl (C=O) groups excluding carboxylic acids is 1. The van der Waals surface area contributed by atoms with E-state index in [1.165, 1.54) is 12.1 Å². The van der Waals surface area contributed by atoms with E-state index in [4.69, 9.17) is 5.73 Å². The first-order chi connectivity index (χ1) is 8.13. The molecule has 0 saturated heterocycles. The van der Waals surface area contributed by atoms with Crippen LogP contribution in [0.2, 0.25) is 0 Å². The molecule has 1 unspecified atom stereocenters. The molecule has 1 aromatic carbocycles. The largest absolute Gasteiger partial charge is 0.348 e. The van der Waals surface area contributed by atoms with Crippen molar-refractivity contribution >= 4 is 5.91 Å². The summed E-state index contributed by atoms with van der Waals surface area (Å²) in [4.78, 5) is 11.7. The summed E-state index contributed by atoms with van der Waals surface area (Å²) in [6, 6.07) is 3.40. The molecule has 0 radical (unpaired) electrons. The predicted octanol–water partition coefficient (Wildman–Crippen LogP) is 1.43. The minimum Gasteiger partial charge on any atom is -0.348 e. The summed E-state index contributed by atoms with van der Waals surface area (Å²) in [6.07, 6.45) is 2.04. The summed E-state index contributed by atoms with van der Waals surface area (Å²) in [5.74, 6) is -2.37. The van der Waals surface area contributed by atoms with Gasteiger partial charge < -0.3 is 11.1 Å². The maximum Gasteiger partial charge on any atom is 0.254 e. The van der Waals surface area contributed by atoms with Crippen LogP contribution in [0.5, 0.6) is 0 Å². The smallest absolute Gasteiger partial charge is 0.254 e. The molecule has 1 amide bonds. The molecule has 1 aliphatic rings. The monoisotopic (exact) mass is 240 g/mol. The molecule has 1 saturated carbocycles. The Hall–Kier alpha value is -1.49. The van der Waals surface area contributed by atoms with Gasteiger partial charge >= 0.3 is 0 Å². The molecule has 0 heterocycles. The summed E-state index contributed by atoms with van der Waals surface area (Å²) in [5.41, 5.74) is 5.25. The van der Waals surface area contributed by atoms with Crippen molar-refractivity contribution < 1.29 is 13.6 Å². The second-order valence-electron chi connectivity index (χ2n) is 4.25. The number of hydrogen-bond acceptors (Lipinski definition) is 2. The zero-order valence-corrected chi connectivity index (χ0v) is 9.25. The first-order valence-corrected chi connectivity index (χ1v) is 5.58. The zero-order valence-electron chi connectivity index (χ0n) is 9.25. The highest BCUT2D eigenvalue weighted by Crippen LogP contribution is 2.32. The van der Waals surface area contributed by atoms with Crippen molar-refractivity contribution in [1.29, 1.82) is 0 Å². The fraction of sp³-hybridized carbons (Fsp3) is 0.417. The standard InChI is InChI=1S/C12H14F2N2O/c13-9-3-1-2-8(11(9)14)12(17)16-10(6-15)7-4-5-7/h1-3,7,10H,4-6,15H2,(H,16,17). The predicted molar refractivity (Wildman–Crippen MR) is 59.4 cm³/mol. The lowest BCUT2D eigenvalue weighted by atomic mass is 10.1. The van der Waals surface area contributed by atoms with Crippen molar-refractivity contribution in [3.63, 3.8) is 0 Å². The molecule has 1 aliphatic carbocycles. The van der Waals surface area contributed by atoms with Crippen molar-refractivity contribution in [3.8, 4) is 0 Å². The van der Waals surface area contributed by atoms with Gasteiger partial charge in [0.25, 0.3) is 5.91 Å². The van der Waals surface area contributed by atoms with Crippen molar-refractivity contribution in [3.05, 3.63) is 35.4 Å². The first kappa shape index (κ1) is 12.0. The molecule has 0 spiro atoms. The highest BCUT2D eigenvalue weighted by molar-refractivity contribution is 5.94. The Labute approximate surface area is 98.0 Å². The van der Waals surface area contributed by atoms with E-state index in [0.717, 1.165) is 18.9 Å². The number of hydrogen-bond donors (Lipinski definition) is 2. The van der Waals surface area contributed by atoms with Crippen LogP contribution in [0.25, 0.3) is 0 Å². The molecule has 1 aromatic rings. The van der Waals surface area contributed by atoms with Crippen LogP contribution in [0, 0.1) is 17.6 Å². The van der Waals surface area contributed by atoms with Crippen LogP contribution in [0.3, 0.4) is 0 Å². The van der Waals surface area contributed by atoms with Gasteiger partial charge in [0.1, 0.15) is 0 Å². The summed E-state index contributed by atoms with van der Waals surface area (Å²) in [7, 11) is 0. The van der Waals surface area contributed by atoms with Crippen molar-refractivity contribution in [2.75, 3.05) is 6.54 Å². The van der Waals surface area contributed by atoms with Crippen LogP contribution >= 0.6 is 0 Å². The van der Waals surface area contributed by atoms with E-state index in [9.17, 15) is 13.6 Å². The highest BCUT2D eigenvalue weighted by Gasteiger charge is 2.31. The van der Waals surface area contributed by atoms with E-state index in [0.29, 0.717) is 12.5 Å². The van der Waals surface area contributed by atoms with Gasteiger partial charge in [-0.05, 0) is 30.9 Å². The molecule has 0 bridgehead atoms. The van der Waals surface area contributed by atoms with Crippen LogP contribution < -0.4 is 11.1 Å². The lowest BCUT2D eigenvalue weighted by Gasteiger charge is -2.16. The number of nitrogens with one attached hydrogen (secondary N) is 1. The number of benzene rings is 1. The number of amides is 1. The van der Waals surface area contributed by atoms with Gasteiger partial charge in [-0.15, -0.1) is 0 Å². The Kier molecular flexibility index (Phi) is 3.38. The van der Waals surface area contributed by atoms with E-state index < -0.39 is 17.5 Å². The van der Waals surface area contributed by atoms with Gasteiger partial charge in [-0.25, -0.2) is 8.78 Å². The van der Waals surface area contributed by atoms with E-state index in [1.807, 2.05) is 0 Å². The molecular formula is C12H14F2N2O. The second kappa shape index (κ2) is 4.79. The van der Waals surface area contributed by atoms with E-state index >= 15 is 0 Å². The van der Waals surface area contributed by atoms with Gasteiger partial charge in [-0.2, -0.15) is 0 Å². The Bertz CT molecular complexity index is 433. The summed E-state index contributed by atoms with van der Waals surface area (Å²) in [5, 5.41) is 2.64. The average Bonchev–Trinajstić information content (AvgIpc) is 3.13. The quantitative estimate of drug-likeness (QED) is 0.836. The van der Waals surface area contributed by atoms with Gasteiger partial charge in [0.05, 0.1) is 5.56 Å². The number of nitrogens with two attached hydrogens (primary N) is 1. The van der Waals surface area contributed by atoms with Crippen LogP contribution in [0.15, 0.2) is 18.2 Å². The van der Waals surface area contributed by atoms with E-state index in [-0.39, 0.29) is 11.6 Å². The molecule has 92 valence electrons. The topological polar surface area (TPSA) is 55.1 Å². The minimum absolute atomic E-state index is 0.148. The van der Waals surface area contributed by atoms with Crippen LogP contribution in [-0.2, 0) is 0 Å². The molecular weight excluding hydrogens is 226 g/mol. The fourth-order valence-electron chi connectivity index (χ4n) is 1.79. The van der Waals surface area contributed by atoms with Crippen LogP contribution in [-0.4, -0.2) is 18.5 Å². The van der Waals surface area contributed by atoms with E-state index in [2.05, 4.69) is 5.32 Å². The maximum atomic E-state index is 13.4. The third-order valence-corrected chi connectivity index (χ3v) is 2.96. The van der Waals surface area contributed by atoms with Gasteiger partial charge in [-0.1, -0.05) is 6.07 Å². The molecule has 17 heavy (non-hydrogen) atoms. The SMILES string of the molecule is NCC(NC(=O)c1cccc(F)c1F)C1CC1. The molecule has 0 aliphatic heterocycles. The van der Waals surface area contributed by atoms with E-state index in [1.54, 1.807) is 0 Å². The molecule has 3 N–H and O–H groups in total. The summed E-state index contributed by atoms with van der Waals surface area (Å²) in [6.45, 7) is 0.313. The third-order valence-electron chi connectivity index (χ3n) is 2.96. The van der Waals surface area contributed by atoms with Crippen LogP contribution in [0.1, 0.15) is 23.2 Å². The fourth-order valence-corrected chi connectivity index (χ4v) is 1.79. The Morgan fingerprint density at radius 2 is 2.18 bits per heavy atom. The van der Waals surface area contributed by atoms with Crippen molar-refractivity contribution in [2.45, 2.75) is 18.9 Å². The summed E-state index contributed by atoms with van der Waals surface area (Å²) >= 11 is 0. The van der Waals surface area contributed by atoms with Crippen LogP contribution in [0.4, 0.5) is 8.78 Å². The Morgan fingerprint density at radius 1 is 1.47 bits per heavy atom. The maximum absolute atomic E-state index is 13.4. The molecule has 1 atom stereocenters. The van der Waals surface area contributed by atoms with Gasteiger partial charge in [0.15, 0.2) is 11.6 Å². The lowest BCUT2D eigenvalue weighted by Crippen LogP contribution is -2.42. The molecule has 3 nitrogen and oxygen atoms in total. The minimum atomic E-state index is -1.11. The molecule has 5 heteroatoms. The zero-order chi connectivity index (χ0) is 12.4. The summed E-state index contributed by atoms with van der Waals surface area (Å²) < 4.78 is 26.3. The molecule has 0 aromatic heterocycles. The average molecular weight is 240 g/mol. The second-order valence-corrected chi connectivity index (χ2v) is 4.25. The Balaban J connectivity index is 2.11. The number of rotatable bonds is 4. The van der Waals surface area contributed by atoms with Crippen molar-refractivity contribution in [1.82, 2.24) is 5.32 Å². The molecule has 1 fully saturated rings. The van der Waals surface area contributed by atoms with Gasteiger partial charge in [0.2, 0.25) is 0 Å². The molecule has 2 rings (SSSR count).